The van der Waals surface area contributed by atoms with E-state index < -0.39 is 0 Å². The largest absolute Gasteiger partial charge is 0.379 e. The molecular weight excluding hydrogens is 284 g/mol. The molecule has 0 saturated heterocycles. The third-order valence-corrected chi connectivity index (χ3v) is 3.96. The van der Waals surface area contributed by atoms with E-state index in [4.69, 9.17) is 5.26 Å². The minimum Gasteiger partial charge on any atom is -0.379 e. The molecule has 2 aromatic rings. The van der Waals surface area contributed by atoms with Gasteiger partial charge in [0, 0.05) is 28.4 Å². The number of hydrogen-bond donors (Lipinski definition) is 1. The van der Waals surface area contributed by atoms with Crippen molar-refractivity contribution in [1.29, 1.82) is 5.26 Å². The Balaban J connectivity index is 2.01. The van der Waals surface area contributed by atoms with Crippen LogP contribution in [0.2, 0.25) is 0 Å². The first kappa shape index (κ1) is 15.1. The van der Waals surface area contributed by atoms with Crippen LogP contribution >= 0.6 is 0 Å². The summed E-state index contributed by atoms with van der Waals surface area (Å²) in [6.45, 7) is 4.25. The van der Waals surface area contributed by atoms with Crippen LogP contribution in [0.5, 0.6) is 0 Å². The molecule has 1 heterocycles. The zero-order chi connectivity index (χ0) is 16.4. The van der Waals surface area contributed by atoms with Gasteiger partial charge in [0.05, 0.1) is 11.6 Å². The maximum absolute atomic E-state index is 12.6. The third-order valence-electron chi connectivity index (χ3n) is 3.96. The summed E-state index contributed by atoms with van der Waals surface area (Å²) in [6.07, 6.45) is 2.55. The predicted octanol–water partition coefficient (Wildman–Crippen LogP) is 3.71. The van der Waals surface area contributed by atoms with Gasteiger partial charge in [0.15, 0.2) is 5.78 Å². The Morgan fingerprint density at radius 1 is 1.22 bits per heavy atom. The third kappa shape index (κ3) is 3.17. The van der Waals surface area contributed by atoms with Gasteiger partial charge in [-0.15, -0.1) is 0 Å². The average molecular weight is 302 g/mol. The summed E-state index contributed by atoms with van der Waals surface area (Å²) in [5.74, 6) is -0.0999. The predicted molar refractivity (Wildman–Crippen MR) is 90.8 cm³/mol. The molecule has 0 aliphatic carbocycles. The average Bonchev–Trinajstić information content (AvgIpc) is 2.53. The van der Waals surface area contributed by atoms with E-state index in [0.29, 0.717) is 11.1 Å². The number of carbonyl (C=O) groups is 1. The quantitative estimate of drug-likeness (QED) is 0.679. The summed E-state index contributed by atoms with van der Waals surface area (Å²) in [6, 6.07) is 17.0. The second kappa shape index (κ2) is 5.73. The van der Waals surface area contributed by atoms with Crippen LogP contribution in [0, 0.1) is 11.3 Å². The Kier molecular flexibility index (Phi) is 3.75. The van der Waals surface area contributed by atoms with Crippen LogP contribution in [0.25, 0.3) is 5.70 Å². The van der Waals surface area contributed by atoms with E-state index in [1.54, 1.807) is 30.3 Å². The highest BCUT2D eigenvalue weighted by Crippen LogP contribution is 2.29. The monoisotopic (exact) mass is 302 g/mol. The molecule has 0 radical (unpaired) electrons. The molecule has 23 heavy (non-hydrogen) atoms. The number of allylic oxidation sites excluding steroid dienone is 1. The molecule has 0 atom stereocenters. The lowest BCUT2D eigenvalue weighted by atomic mass is 9.85. The van der Waals surface area contributed by atoms with Crippen molar-refractivity contribution >= 4 is 11.5 Å². The van der Waals surface area contributed by atoms with Gasteiger partial charge in [0.25, 0.3) is 0 Å². The molecule has 3 rings (SSSR count). The van der Waals surface area contributed by atoms with Gasteiger partial charge < -0.3 is 5.32 Å². The number of rotatable bonds is 2. The number of carbonyl (C=O) groups excluding carboxylic acids is 1. The highest BCUT2D eigenvalue weighted by Gasteiger charge is 2.27. The molecule has 3 nitrogen and oxygen atoms in total. The smallest absolute Gasteiger partial charge is 0.187 e. The highest BCUT2D eigenvalue weighted by molar-refractivity contribution is 6.08. The van der Waals surface area contributed by atoms with E-state index in [9.17, 15) is 4.79 Å². The number of benzene rings is 2. The molecule has 0 amide bonds. The van der Waals surface area contributed by atoms with Gasteiger partial charge in [-0.2, -0.15) is 5.26 Å². The van der Waals surface area contributed by atoms with Crippen molar-refractivity contribution < 1.29 is 4.79 Å². The van der Waals surface area contributed by atoms with Crippen LogP contribution in [-0.4, -0.2) is 11.3 Å². The van der Waals surface area contributed by atoms with Gasteiger partial charge in [0.2, 0.25) is 0 Å². The van der Waals surface area contributed by atoms with Crippen molar-refractivity contribution in [3.63, 3.8) is 0 Å². The Hall–Kier alpha value is -2.86. The Bertz CT molecular complexity index is 841. The van der Waals surface area contributed by atoms with Crippen molar-refractivity contribution in [3.05, 3.63) is 76.9 Å². The number of nitrogens with one attached hydrogen (secondary N) is 1. The number of ketones is 1. The minimum atomic E-state index is -0.102. The van der Waals surface area contributed by atoms with Gasteiger partial charge in [-0.05, 0) is 38.0 Å². The van der Waals surface area contributed by atoms with E-state index in [2.05, 4.69) is 31.3 Å². The second-order valence-electron chi connectivity index (χ2n) is 6.46. The van der Waals surface area contributed by atoms with Crippen molar-refractivity contribution in [2.75, 3.05) is 0 Å². The van der Waals surface area contributed by atoms with Crippen LogP contribution in [-0.2, 0) is 6.42 Å². The Labute approximate surface area is 136 Å². The number of nitriles is 1. The second-order valence-corrected chi connectivity index (χ2v) is 6.46. The fraction of sp³-hybridized carbons (Fsp3) is 0.200. The van der Waals surface area contributed by atoms with E-state index in [1.165, 1.54) is 5.56 Å². The highest BCUT2D eigenvalue weighted by atomic mass is 16.1. The van der Waals surface area contributed by atoms with Crippen LogP contribution < -0.4 is 5.32 Å². The lowest BCUT2D eigenvalue weighted by Crippen LogP contribution is -2.43. The molecule has 0 aromatic heterocycles. The topological polar surface area (TPSA) is 52.9 Å². The van der Waals surface area contributed by atoms with Crippen molar-refractivity contribution in [3.8, 4) is 6.07 Å². The molecule has 3 heteroatoms. The van der Waals surface area contributed by atoms with Crippen LogP contribution in [0.4, 0.5) is 0 Å². The van der Waals surface area contributed by atoms with Gasteiger partial charge in [-0.1, -0.05) is 36.4 Å². The zero-order valence-electron chi connectivity index (χ0n) is 13.3. The maximum Gasteiger partial charge on any atom is 0.187 e. The minimum absolute atomic E-state index is 0.0999. The molecule has 114 valence electrons. The molecule has 1 N–H and O–H groups in total. The Morgan fingerprint density at radius 3 is 2.78 bits per heavy atom. The SMILES string of the molecule is CC1(C)Cc2ccccc2/C(=C/C(=O)c2cccc(C#N)c2)N1. The van der Waals surface area contributed by atoms with E-state index in [0.717, 1.165) is 17.7 Å². The first-order valence-corrected chi connectivity index (χ1v) is 7.61. The van der Waals surface area contributed by atoms with Crippen LogP contribution in [0.3, 0.4) is 0 Å². The summed E-state index contributed by atoms with van der Waals surface area (Å²) in [5, 5.41) is 12.4. The lowest BCUT2D eigenvalue weighted by molar-refractivity contribution is 0.104. The first-order chi connectivity index (χ1) is 11.0. The maximum atomic E-state index is 12.6. The summed E-state index contributed by atoms with van der Waals surface area (Å²) in [7, 11) is 0. The van der Waals surface area contributed by atoms with Crippen LogP contribution in [0.15, 0.2) is 54.6 Å². The molecular formula is C20H18N2O. The number of nitrogens with zero attached hydrogens (tertiary/aromatic N) is 1. The fourth-order valence-electron chi connectivity index (χ4n) is 2.96. The standard InChI is InChI=1S/C20H18N2O/c1-20(2)12-16-7-3-4-9-17(16)18(22-20)11-19(23)15-8-5-6-14(10-15)13-21/h3-11,22H,12H2,1-2H3/b18-11-. The van der Waals surface area contributed by atoms with Gasteiger partial charge in [-0.3, -0.25) is 4.79 Å². The van der Waals surface area contributed by atoms with Crippen molar-refractivity contribution in [2.45, 2.75) is 25.8 Å². The van der Waals surface area contributed by atoms with Gasteiger partial charge in [0.1, 0.15) is 0 Å². The number of hydrogen-bond acceptors (Lipinski definition) is 3. The van der Waals surface area contributed by atoms with Crippen LogP contribution in [0.1, 0.15) is 40.9 Å². The van der Waals surface area contributed by atoms with E-state index >= 15 is 0 Å². The van der Waals surface area contributed by atoms with E-state index in [-0.39, 0.29) is 11.3 Å². The fourth-order valence-corrected chi connectivity index (χ4v) is 2.96. The molecule has 1 aliphatic rings. The normalized spacial score (nSPS) is 17.0. The summed E-state index contributed by atoms with van der Waals surface area (Å²) in [4.78, 5) is 12.6. The molecule has 0 unspecified atom stereocenters. The Morgan fingerprint density at radius 2 is 2.00 bits per heavy atom. The van der Waals surface area contributed by atoms with Gasteiger partial charge in [-0.25, -0.2) is 0 Å². The molecule has 0 fully saturated rings. The van der Waals surface area contributed by atoms with E-state index in [1.807, 2.05) is 18.2 Å². The molecule has 0 bridgehead atoms. The first-order valence-electron chi connectivity index (χ1n) is 7.61. The summed E-state index contributed by atoms with van der Waals surface area (Å²) in [5.41, 5.74) is 4.06. The molecule has 0 saturated carbocycles. The lowest BCUT2D eigenvalue weighted by Gasteiger charge is -2.35. The molecule has 2 aromatic carbocycles. The summed E-state index contributed by atoms with van der Waals surface area (Å²) >= 11 is 0. The van der Waals surface area contributed by atoms with Crippen molar-refractivity contribution in [1.82, 2.24) is 5.32 Å². The molecule has 0 spiro atoms. The zero-order valence-corrected chi connectivity index (χ0v) is 13.3. The van der Waals surface area contributed by atoms with Gasteiger partial charge >= 0.3 is 0 Å². The summed E-state index contributed by atoms with van der Waals surface area (Å²) < 4.78 is 0. The molecule has 1 aliphatic heterocycles. The van der Waals surface area contributed by atoms with Crippen molar-refractivity contribution in [2.24, 2.45) is 0 Å². The number of fused-ring (bicyclic) bond motifs is 1.